The summed E-state index contributed by atoms with van der Waals surface area (Å²) < 4.78 is 10.5. The molecular formula is C10H18ClNO3. The lowest BCUT2D eigenvalue weighted by Gasteiger charge is -2.33. The van der Waals surface area contributed by atoms with Crippen LogP contribution < -0.4 is 5.32 Å². The summed E-state index contributed by atoms with van der Waals surface area (Å²) in [5, 5.41) is 3.30. The minimum Gasteiger partial charge on any atom is -0.467 e. The first-order chi connectivity index (χ1) is 6.76. The van der Waals surface area contributed by atoms with E-state index in [1.165, 1.54) is 7.11 Å². The number of carbonyl (C=O) groups excluding carboxylic acids is 1. The molecule has 1 atom stereocenters. The van der Waals surface area contributed by atoms with E-state index in [0.29, 0.717) is 0 Å². The molecule has 1 unspecified atom stereocenters. The third-order valence-corrected chi connectivity index (χ3v) is 3.23. The summed E-state index contributed by atoms with van der Waals surface area (Å²) >= 11 is 0. The molecule has 2 fully saturated rings. The van der Waals surface area contributed by atoms with Crippen molar-refractivity contribution in [1.29, 1.82) is 0 Å². The Labute approximate surface area is 96.1 Å². The highest BCUT2D eigenvalue weighted by Crippen LogP contribution is 2.37. The maximum atomic E-state index is 11.3. The van der Waals surface area contributed by atoms with Crippen molar-refractivity contribution in [3.05, 3.63) is 0 Å². The van der Waals surface area contributed by atoms with Crippen molar-refractivity contribution in [2.75, 3.05) is 20.2 Å². The molecule has 2 heterocycles. The van der Waals surface area contributed by atoms with E-state index in [0.717, 1.165) is 38.8 Å². The summed E-state index contributed by atoms with van der Waals surface area (Å²) in [6.07, 6.45) is 3.51. The van der Waals surface area contributed by atoms with Crippen molar-refractivity contribution < 1.29 is 14.3 Å². The van der Waals surface area contributed by atoms with Crippen LogP contribution in [0.3, 0.4) is 0 Å². The van der Waals surface area contributed by atoms with Crippen LogP contribution in [0, 0.1) is 0 Å². The number of carbonyl (C=O) groups is 1. The number of hydrogen-bond donors (Lipinski definition) is 1. The number of esters is 1. The normalized spacial score (nSPS) is 28.5. The quantitative estimate of drug-likeness (QED) is 0.686. The summed E-state index contributed by atoms with van der Waals surface area (Å²) in [6, 6.07) is 0. The third-order valence-electron chi connectivity index (χ3n) is 3.23. The maximum Gasteiger partial charge on any atom is 0.335 e. The van der Waals surface area contributed by atoms with Crippen molar-refractivity contribution >= 4 is 18.4 Å². The minimum absolute atomic E-state index is 0. The fourth-order valence-corrected chi connectivity index (χ4v) is 2.36. The van der Waals surface area contributed by atoms with E-state index >= 15 is 0 Å². The molecule has 0 aliphatic carbocycles. The van der Waals surface area contributed by atoms with Crippen LogP contribution in [-0.2, 0) is 14.3 Å². The molecule has 0 aromatic heterocycles. The van der Waals surface area contributed by atoms with Crippen LogP contribution in [0.4, 0.5) is 0 Å². The second-order valence-corrected chi connectivity index (χ2v) is 4.10. The molecule has 0 aromatic rings. The fourth-order valence-electron chi connectivity index (χ4n) is 2.36. The Morgan fingerprint density at radius 1 is 1.40 bits per heavy atom. The predicted octanol–water partition coefficient (Wildman–Crippen LogP) is 0.882. The number of methoxy groups -OCH3 is 1. The van der Waals surface area contributed by atoms with Crippen LogP contribution in [0.25, 0.3) is 0 Å². The van der Waals surface area contributed by atoms with Gasteiger partial charge in [0.05, 0.1) is 12.7 Å². The predicted molar refractivity (Wildman–Crippen MR) is 58.2 cm³/mol. The van der Waals surface area contributed by atoms with Crippen LogP contribution in [0.1, 0.15) is 25.7 Å². The van der Waals surface area contributed by atoms with Gasteiger partial charge >= 0.3 is 5.97 Å². The average Bonchev–Trinajstić information content (AvgIpc) is 2.62. The lowest BCUT2D eigenvalue weighted by molar-refractivity contribution is -0.159. The van der Waals surface area contributed by atoms with E-state index in [4.69, 9.17) is 4.74 Å². The topological polar surface area (TPSA) is 47.6 Å². The van der Waals surface area contributed by atoms with E-state index in [1.807, 2.05) is 0 Å². The highest BCUT2D eigenvalue weighted by atomic mass is 35.5. The van der Waals surface area contributed by atoms with Crippen LogP contribution in [-0.4, -0.2) is 37.9 Å². The van der Waals surface area contributed by atoms with Gasteiger partial charge < -0.3 is 14.8 Å². The number of nitrogens with one attached hydrogen (secondary N) is 1. The first-order valence-electron chi connectivity index (χ1n) is 5.22. The molecule has 5 heteroatoms. The molecule has 0 aromatic carbocycles. The standard InChI is InChI=1S/C10H17NO3.ClH/c1-13-9(12)8-2-3-10(14-8)4-6-11-7-5-10;/h8,11H,2-7H2,1H3;1H. The van der Waals surface area contributed by atoms with Gasteiger partial charge in [-0.2, -0.15) is 0 Å². The minimum atomic E-state index is -0.321. The second kappa shape index (κ2) is 5.14. The summed E-state index contributed by atoms with van der Waals surface area (Å²) in [5.41, 5.74) is -0.0376. The molecule has 2 aliphatic heterocycles. The van der Waals surface area contributed by atoms with Crippen molar-refractivity contribution in [2.24, 2.45) is 0 Å². The number of hydrogen-bond acceptors (Lipinski definition) is 4. The van der Waals surface area contributed by atoms with Crippen LogP contribution >= 0.6 is 12.4 Å². The van der Waals surface area contributed by atoms with E-state index < -0.39 is 0 Å². The highest BCUT2D eigenvalue weighted by Gasteiger charge is 2.43. The Kier molecular flexibility index (Phi) is 4.37. The second-order valence-electron chi connectivity index (χ2n) is 4.10. The first-order valence-corrected chi connectivity index (χ1v) is 5.22. The smallest absolute Gasteiger partial charge is 0.335 e. The van der Waals surface area contributed by atoms with E-state index in [2.05, 4.69) is 10.1 Å². The van der Waals surface area contributed by atoms with Gasteiger partial charge in [-0.3, -0.25) is 0 Å². The SMILES string of the molecule is COC(=O)C1CCC2(CCNCC2)O1.Cl. The Hall–Kier alpha value is -0.320. The van der Waals surface area contributed by atoms with Crippen molar-refractivity contribution in [3.63, 3.8) is 0 Å². The van der Waals surface area contributed by atoms with Gasteiger partial charge in [0, 0.05) is 0 Å². The molecule has 1 spiro atoms. The maximum absolute atomic E-state index is 11.3. The molecule has 4 nitrogen and oxygen atoms in total. The number of piperidine rings is 1. The zero-order valence-electron chi connectivity index (χ0n) is 8.95. The summed E-state index contributed by atoms with van der Waals surface area (Å²) in [5.74, 6) is -0.222. The van der Waals surface area contributed by atoms with Gasteiger partial charge in [-0.05, 0) is 38.8 Å². The molecule has 0 radical (unpaired) electrons. The van der Waals surface area contributed by atoms with Gasteiger partial charge in [-0.1, -0.05) is 0 Å². The molecule has 88 valence electrons. The van der Waals surface area contributed by atoms with Crippen molar-refractivity contribution in [3.8, 4) is 0 Å². The highest BCUT2D eigenvalue weighted by molar-refractivity contribution is 5.85. The number of ether oxygens (including phenoxy) is 2. The van der Waals surface area contributed by atoms with Gasteiger partial charge in [0.2, 0.25) is 0 Å². The molecule has 0 bridgehead atoms. The lowest BCUT2D eigenvalue weighted by Crippen LogP contribution is -2.42. The molecule has 15 heavy (non-hydrogen) atoms. The largest absolute Gasteiger partial charge is 0.467 e. The van der Waals surface area contributed by atoms with E-state index in [1.54, 1.807) is 0 Å². The van der Waals surface area contributed by atoms with Crippen LogP contribution in [0.2, 0.25) is 0 Å². The summed E-state index contributed by atoms with van der Waals surface area (Å²) in [6.45, 7) is 1.99. The molecule has 2 rings (SSSR count). The lowest BCUT2D eigenvalue weighted by atomic mass is 9.89. The van der Waals surface area contributed by atoms with Crippen LogP contribution in [0.5, 0.6) is 0 Å². The monoisotopic (exact) mass is 235 g/mol. The summed E-state index contributed by atoms with van der Waals surface area (Å²) in [7, 11) is 1.42. The molecule has 0 amide bonds. The average molecular weight is 236 g/mol. The Balaban J connectivity index is 0.00000112. The zero-order chi connectivity index (χ0) is 10.0. The van der Waals surface area contributed by atoms with Gasteiger partial charge in [0.25, 0.3) is 0 Å². The molecule has 2 saturated heterocycles. The Morgan fingerprint density at radius 3 is 2.67 bits per heavy atom. The molecule has 0 saturated carbocycles. The number of halogens is 1. The van der Waals surface area contributed by atoms with Gasteiger partial charge in [0.1, 0.15) is 0 Å². The van der Waals surface area contributed by atoms with Gasteiger partial charge in [-0.25, -0.2) is 4.79 Å². The van der Waals surface area contributed by atoms with Crippen LogP contribution in [0.15, 0.2) is 0 Å². The van der Waals surface area contributed by atoms with Gasteiger partial charge in [0.15, 0.2) is 6.10 Å². The fraction of sp³-hybridized carbons (Fsp3) is 0.900. The molecule has 1 N–H and O–H groups in total. The first kappa shape index (κ1) is 12.7. The Morgan fingerprint density at radius 2 is 2.07 bits per heavy atom. The van der Waals surface area contributed by atoms with E-state index in [-0.39, 0.29) is 30.1 Å². The molecule has 2 aliphatic rings. The Bertz CT molecular complexity index is 229. The third kappa shape index (κ3) is 2.62. The van der Waals surface area contributed by atoms with E-state index in [9.17, 15) is 4.79 Å². The van der Waals surface area contributed by atoms with Gasteiger partial charge in [-0.15, -0.1) is 12.4 Å². The summed E-state index contributed by atoms with van der Waals surface area (Å²) in [4.78, 5) is 11.3. The number of rotatable bonds is 1. The molecular weight excluding hydrogens is 218 g/mol. The van der Waals surface area contributed by atoms with Crippen molar-refractivity contribution in [2.45, 2.75) is 37.4 Å². The van der Waals surface area contributed by atoms with Crippen molar-refractivity contribution in [1.82, 2.24) is 5.32 Å². The zero-order valence-corrected chi connectivity index (χ0v) is 9.77.